The minimum Gasteiger partial charge on any atom is -0.481 e. The lowest BCUT2D eigenvalue weighted by Crippen LogP contribution is -2.25. The third-order valence-corrected chi connectivity index (χ3v) is 4.12. The normalized spacial score (nSPS) is 12.5. The van der Waals surface area contributed by atoms with Crippen molar-refractivity contribution in [2.24, 2.45) is 5.41 Å². The number of carbonyl (C=O) groups excluding carboxylic acids is 1. The third kappa shape index (κ3) is 9.44. The van der Waals surface area contributed by atoms with Crippen molar-refractivity contribution in [1.82, 2.24) is 0 Å². The van der Waals surface area contributed by atoms with Crippen LogP contribution in [0.2, 0.25) is 0 Å². The summed E-state index contributed by atoms with van der Waals surface area (Å²) in [5.41, 5.74) is 0.169. The molecule has 1 rings (SSSR count). The first-order chi connectivity index (χ1) is 11.8. The van der Waals surface area contributed by atoms with E-state index in [-0.39, 0.29) is 0 Å². The molecular weight excluding hydrogens is 332 g/mol. The predicted molar refractivity (Wildman–Crippen MR) is 104 cm³/mol. The van der Waals surface area contributed by atoms with Crippen molar-refractivity contribution < 1.29 is 24.2 Å². The zero-order valence-corrected chi connectivity index (χ0v) is 17.4. The van der Waals surface area contributed by atoms with Gasteiger partial charge in [-0.1, -0.05) is 32.9 Å². The summed E-state index contributed by atoms with van der Waals surface area (Å²) in [6, 6.07) is 7.55. The van der Waals surface area contributed by atoms with E-state index in [1.807, 2.05) is 19.1 Å². The molecule has 0 saturated carbocycles. The number of benzene rings is 1. The molecule has 1 N–H and O–H groups in total. The first kappa shape index (κ1) is 24.0. The van der Waals surface area contributed by atoms with E-state index < -0.39 is 23.1 Å². The summed E-state index contributed by atoms with van der Waals surface area (Å²) in [5.74, 6) is 0.303. The highest BCUT2D eigenvalue weighted by molar-refractivity contribution is 5.73. The Bertz CT molecular complexity index is 567. The summed E-state index contributed by atoms with van der Waals surface area (Å²) in [7, 11) is 0. The Labute approximate surface area is 157 Å². The van der Waals surface area contributed by atoms with E-state index in [2.05, 4.69) is 13.8 Å². The fourth-order valence-corrected chi connectivity index (χ4v) is 1.62. The van der Waals surface area contributed by atoms with Gasteiger partial charge in [-0.3, -0.25) is 4.79 Å². The predicted octanol–water partition coefficient (Wildman–Crippen LogP) is 6.02. The van der Waals surface area contributed by atoms with Crippen molar-refractivity contribution >= 4 is 12.1 Å². The fraction of sp³-hybridized carbons (Fsp3) is 0.619. The van der Waals surface area contributed by atoms with Crippen molar-refractivity contribution in [3.8, 4) is 5.75 Å². The highest BCUT2D eigenvalue weighted by atomic mass is 16.7. The average Bonchev–Trinajstić information content (AvgIpc) is 2.53. The molecule has 1 atom stereocenters. The van der Waals surface area contributed by atoms with E-state index >= 15 is 0 Å². The summed E-state index contributed by atoms with van der Waals surface area (Å²) in [5, 5.41) is 8.44. The van der Waals surface area contributed by atoms with Gasteiger partial charge in [-0.15, -0.1) is 0 Å². The van der Waals surface area contributed by atoms with Crippen LogP contribution in [-0.4, -0.2) is 22.8 Å². The van der Waals surface area contributed by atoms with Gasteiger partial charge in [0.1, 0.15) is 11.4 Å². The van der Waals surface area contributed by atoms with Gasteiger partial charge in [0.2, 0.25) is 0 Å². The molecule has 0 amide bonds. The van der Waals surface area contributed by atoms with E-state index in [0.717, 1.165) is 6.42 Å². The van der Waals surface area contributed by atoms with E-state index in [1.54, 1.807) is 46.8 Å². The van der Waals surface area contributed by atoms with Gasteiger partial charge in [-0.05, 0) is 71.1 Å². The van der Waals surface area contributed by atoms with Crippen molar-refractivity contribution in [1.29, 1.82) is 0 Å². The Morgan fingerprint density at radius 2 is 1.54 bits per heavy atom. The molecule has 1 unspecified atom stereocenters. The van der Waals surface area contributed by atoms with Gasteiger partial charge >= 0.3 is 12.1 Å². The second-order valence-corrected chi connectivity index (χ2v) is 7.99. The zero-order chi connectivity index (χ0) is 20.5. The van der Waals surface area contributed by atoms with Crippen molar-refractivity contribution in [2.45, 2.75) is 79.8 Å². The molecule has 5 heteroatoms. The Kier molecular flexibility index (Phi) is 9.39. The highest BCUT2D eigenvalue weighted by Crippen LogP contribution is 2.22. The standard InChI is InChI=1S/C15H22O3.C6H12O2/c1-6-11(2)12-7-9-13(10-8-12)17-14(16)18-15(3,4)5;1-4-6(2,3)5(7)8/h7-11H,6H2,1-5H3;4H2,1-3H3,(H,7,8). The van der Waals surface area contributed by atoms with Crippen LogP contribution in [0.5, 0.6) is 5.75 Å². The molecule has 26 heavy (non-hydrogen) atoms. The number of hydrogen-bond donors (Lipinski definition) is 1. The molecule has 148 valence electrons. The van der Waals surface area contributed by atoms with Crippen LogP contribution < -0.4 is 4.74 Å². The summed E-state index contributed by atoms with van der Waals surface area (Å²) >= 11 is 0. The first-order valence-corrected chi connectivity index (χ1v) is 9.06. The van der Waals surface area contributed by atoms with Crippen LogP contribution in [-0.2, 0) is 9.53 Å². The number of carbonyl (C=O) groups is 2. The third-order valence-electron chi connectivity index (χ3n) is 4.12. The van der Waals surface area contributed by atoms with E-state index in [0.29, 0.717) is 18.1 Å². The molecule has 0 heterocycles. The van der Waals surface area contributed by atoms with Crippen molar-refractivity contribution in [2.75, 3.05) is 0 Å². The molecule has 0 aliphatic carbocycles. The van der Waals surface area contributed by atoms with Gasteiger partial charge in [-0.25, -0.2) is 4.79 Å². The Morgan fingerprint density at radius 3 is 1.85 bits per heavy atom. The van der Waals surface area contributed by atoms with Gasteiger partial charge < -0.3 is 14.6 Å². The fourth-order valence-electron chi connectivity index (χ4n) is 1.62. The second-order valence-electron chi connectivity index (χ2n) is 7.99. The molecular formula is C21H34O5. The first-order valence-electron chi connectivity index (χ1n) is 9.06. The van der Waals surface area contributed by atoms with Crippen LogP contribution in [0.25, 0.3) is 0 Å². The zero-order valence-electron chi connectivity index (χ0n) is 17.4. The lowest BCUT2D eigenvalue weighted by atomic mass is 9.91. The maximum absolute atomic E-state index is 11.5. The molecule has 0 fully saturated rings. The Balaban J connectivity index is 0.000000660. The molecule has 0 aliphatic rings. The van der Waals surface area contributed by atoms with Gasteiger partial charge in [0.25, 0.3) is 0 Å². The lowest BCUT2D eigenvalue weighted by molar-refractivity contribution is -0.147. The lowest BCUT2D eigenvalue weighted by Gasteiger charge is -2.18. The molecule has 0 aliphatic heterocycles. The molecule has 0 saturated heterocycles. The molecule has 5 nitrogen and oxygen atoms in total. The number of carboxylic acids is 1. The van der Waals surface area contributed by atoms with E-state index in [4.69, 9.17) is 14.6 Å². The van der Waals surface area contributed by atoms with E-state index in [9.17, 15) is 9.59 Å². The smallest absolute Gasteiger partial charge is 0.481 e. The Hall–Kier alpha value is -2.04. The Morgan fingerprint density at radius 1 is 1.04 bits per heavy atom. The van der Waals surface area contributed by atoms with Crippen molar-refractivity contribution in [3.63, 3.8) is 0 Å². The van der Waals surface area contributed by atoms with Gasteiger partial charge in [0.05, 0.1) is 5.41 Å². The molecule has 1 aromatic rings. The highest BCUT2D eigenvalue weighted by Gasteiger charge is 2.23. The van der Waals surface area contributed by atoms with E-state index in [1.165, 1.54) is 5.56 Å². The van der Waals surface area contributed by atoms with Crippen LogP contribution in [0.1, 0.15) is 79.7 Å². The minimum absolute atomic E-state index is 0.510. The second kappa shape index (κ2) is 10.2. The number of rotatable bonds is 5. The van der Waals surface area contributed by atoms with Crippen LogP contribution in [0, 0.1) is 5.41 Å². The summed E-state index contributed by atoms with van der Waals surface area (Å²) in [6.07, 6.45) is 1.10. The number of carboxylic acid groups (broad SMARTS) is 1. The summed E-state index contributed by atoms with van der Waals surface area (Å²) in [4.78, 5) is 21.7. The van der Waals surface area contributed by atoms with Crippen molar-refractivity contribution in [3.05, 3.63) is 29.8 Å². The summed E-state index contributed by atoms with van der Waals surface area (Å²) in [6.45, 7) is 15.0. The maximum Gasteiger partial charge on any atom is 0.514 e. The van der Waals surface area contributed by atoms with Crippen LogP contribution in [0.3, 0.4) is 0 Å². The van der Waals surface area contributed by atoms with Gasteiger partial charge in [-0.2, -0.15) is 0 Å². The van der Waals surface area contributed by atoms with Gasteiger partial charge in [0.15, 0.2) is 0 Å². The number of ether oxygens (including phenoxy) is 2. The monoisotopic (exact) mass is 366 g/mol. The quantitative estimate of drug-likeness (QED) is 0.509. The van der Waals surface area contributed by atoms with Gasteiger partial charge in [0, 0.05) is 0 Å². The molecule has 1 aromatic carbocycles. The molecule has 0 spiro atoms. The topological polar surface area (TPSA) is 72.8 Å². The van der Waals surface area contributed by atoms with Crippen LogP contribution in [0.15, 0.2) is 24.3 Å². The minimum atomic E-state index is -0.722. The number of aliphatic carboxylic acids is 1. The molecule has 0 bridgehead atoms. The molecule has 0 radical (unpaired) electrons. The maximum atomic E-state index is 11.5. The van der Waals surface area contributed by atoms with Crippen LogP contribution >= 0.6 is 0 Å². The SMILES string of the molecule is CCC(C)(C)C(=O)O.CCC(C)c1ccc(OC(=O)OC(C)(C)C)cc1. The molecule has 0 aromatic heterocycles. The average molecular weight is 366 g/mol. The van der Waals surface area contributed by atoms with Crippen LogP contribution in [0.4, 0.5) is 4.79 Å². The largest absolute Gasteiger partial charge is 0.514 e. The number of hydrogen-bond acceptors (Lipinski definition) is 4. The summed E-state index contributed by atoms with van der Waals surface area (Å²) < 4.78 is 10.2.